The minimum Gasteiger partial charge on any atom is -0.480 e. The first-order valence-electron chi connectivity index (χ1n) is 7.14. The fourth-order valence-corrected chi connectivity index (χ4v) is 2.24. The number of carboxylic acid groups (broad SMARTS) is 2. The number of amides is 2. The number of rotatable bonds is 11. The van der Waals surface area contributed by atoms with Crippen molar-refractivity contribution in [3.05, 3.63) is 0 Å². The minimum atomic E-state index is -1.18. The topological polar surface area (TPSA) is 145 Å². The molecule has 0 aromatic rings. The van der Waals surface area contributed by atoms with Crippen molar-refractivity contribution < 1.29 is 29.4 Å². The van der Waals surface area contributed by atoms with E-state index in [1.807, 2.05) is 0 Å². The van der Waals surface area contributed by atoms with E-state index in [9.17, 15) is 19.2 Å². The zero-order valence-electron chi connectivity index (χ0n) is 13.4. The number of hydrogen-bond acceptors (Lipinski definition) is 7. The molecular weight excluding hydrogens is 358 g/mol. The van der Waals surface area contributed by atoms with Gasteiger partial charge < -0.3 is 20.8 Å². The Morgan fingerprint density at radius 3 is 1.79 bits per heavy atom. The number of carbonyl (C=O) groups is 4. The summed E-state index contributed by atoms with van der Waals surface area (Å²) in [6, 6.07) is -3.07. The molecule has 24 heavy (non-hydrogen) atoms. The second-order valence-corrected chi connectivity index (χ2v) is 6.05. The van der Waals surface area contributed by atoms with Crippen molar-refractivity contribution in [2.75, 3.05) is 18.1 Å². The van der Waals surface area contributed by atoms with Gasteiger partial charge in [-0.05, 0) is 5.92 Å². The maximum atomic E-state index is 12.1. The van der Waals surface area contributed by atoms with Crippen LogP contribution in [0.1, 0.15) is 13.8 Å². The Labute approximate surface area is 150 Å². The molecule has 0 aliphatic carbocycles. The monoisotopic (exact) mass is 381 g/mol. The Balaban J connectivity index is 4.82. The average Bonchev–Trinajstić information content (AvgIpc) is 2.49. The first-order chi connectivity index (χ1) is 11.1. The van der Waals surface area contributed by atoms with Crippen LogP contribution in [0.4, 0.5) is 0 Å². The summed E-state index contributed by atoms with van der Waals surface area (Å²) < 4.78 is 0. The van der Waals surface area contributed by atoms with E-state index in [1.165, 1.54) is 0 Å². The number of carboxylic acids is 2. The zero-order chi connectivity index (χ0) is 18.9. The SMILES string of the molecule is CC(C)[C@H](NC(=O)[C@H](CS)NC(=O)[C@H](CS)NCC(=O)O)C(=O)O. The summed E-state index contributed by atoms with van der Waals surface area (Å²) in [5.41, 5.74) is 0. The van der Waals surface area contributed by atoms with Gasteiger partial charge in [0.15, 0.2) is 0 Å². The number of nitrogens with one attached hydrogen (secondary N) is 3. The van der Waals surface area contributed by atoms with E-state index in [1.54, 1.807) is 13.8 Å². The van der Waals surface area contributed by atoms with Crippen LogP contribution < -0.4 is 16.0 Å². The molecule has 0 aliphatic heterocycles. The van der Waals surface area contributed by atoms with Gasteiger partial charge in [-0.3, -0.25) is 19.7 Å². The van der Waals surface area contributed by atoms with Crippen LogP contribution in [0, 0.1) is 5.92 Å². The Kier molecular flexibility index (Phi) is 10.5. The number of hydrogen-bond donors (Lipinski definition) is 7. The van der Waals surface area contributed by atoms with Crippen molar-refractivity contribution in [1.82, 2.24) is 16.0 Å². The van der Waals surface area contributed by atoms with Crippen molar-refractivity contribution in [2.45, 2.75) is 32.0 Å². The molecule has 0 rings (SSSR count). The van der Waals surface area contributed by atoms with E-state index < -0.39 is 48.4 Å². The summed E-state index contributed by atoms with van der Waals surface area (Å²) >= 11 is 7.94. The third-order valence-corrected chi connectivity index (χ3v) is 3.78. The van der Waals surface area contributed by atoms with Gasteiger partial charge in [-0.1, -0.05) is 13.8 Å². The van der Waals surface area contributed by atoms with Crippen LogP contribution in [-0.4, -0.2) is 70.1 Å². The van der Waals surface area contributed by atoms with Crippen molar-refractivity contribution in [2.24, 2.45) is 5.92 Å². The summed E-state index contributed by atoms with van der Waals surface area (Å²) in [7, 11) is 0. The predicted molar refractivity (Wildman–Crippen MR) is 93.5 cm³/mol. The summed E-state index contributed by atoms with van der Waals surface area (Å²) in [4.78, 5) is 45.8. The maximum Gasteiger partial charge on any atom is 0.326 e. The molecule has 0 fully saturated rings. The van der Waals surface area contributed by atoms with Gasteiger partial charge in [0.05, 0.1) is 12.6 Å². The summed E-state index contributed by atoms with van der Waals surface area (Å²) in [6.45, 7) is 2.84. The van der Waals surface area contributed by atoms with Crippen LogP contribution in [0.15, 0.2) is 0 Å². The highest BCUT2D eigenvalue weighted by molar-refractivity contribution is 7.80. The van der Waals surface area contributed by atoms with Gasteiger partial charge in [-0.2, -0.15) is 25.3 Å². The van der Waals surface area contributed by atoms with E-state index in [-0.39, 0.29) is 17.4 Å². The molecule has 0 radical (unpaired) electrons. The molecule has 138 valence electrons. The first kappa shape index (κ1) is 22.5. The second-order valence-electron chi connectivity index (χ2n) is 5.32. The molecule has 0 bridgehead atoms. The molecule has 0 unspecified atom stereocenters. The van der Waals surface area contributed by atoms with Crippen LogP contribution in [-0.2, 0) is 19.2 Å². The van der Waals surface area contributed by atoms with E-state index in [0.717, 1.165) is 0 Å². The average molecular weight is 381 g/mol. The highest BCUT2D eigenvalue weighted by Gasteiger charge is 2.29. The minimum absolute atomic E-state index is 0.0176. The molecule has 0 aromatic carbocycles. The quantitative estimate of drug-likeness (QED) is 0.218. The number of carbonyl (C=O) groups excluding carboxylic acids is 2. The molecule has 9 nitrogen and oxygen atoms in total. The van der Waals surface area contributed by atoms with Crippen molar-refractivity contribution in [1.29, 1.82) is 0 Å². The highest BCUT2D eigenvalue weighted by Crippen LogP contribution is 2.03. The lowest BCUT2D eigenvalue weighted by atomic mass is 10.0. The highest BCUT2D eigenvalue weighted by atomic mass is 32.1. The van der Waals surface area contributed by atoms with Crippen molar-refractivity contribution in [3.8, 4) is 0 Å². The Hall–Kier alpha value is -1.46. The molecule has 0 saturated heterocycles. The van der Waals surface area contributed by atoms with E-state index in [0.29, 0.717) is 0 Å². The van der Waals surface area contributed by atoms with E-state index in [2.05, 4.69) is 41.2 Å². The van der Waals surface area contributed by atoms with Gasteiger partial charge in [-0.25, -0.2) is 4.79 Å². The maximum absolute atomic E-state index is 12.1. The van der Waals surface area contributed by atoms with Crippen molar-refractivity contribution in [3.63, 3.8) is 0 Å². The van der Waals surface area contributed by atoms with Gasteiger partial charge in [0, 0.05) is 11.5 Å². The van der Waals surface area contributed by atoms with Crippen LogP contribution in [0.3, 0.4) is 0 Å². The molecule has 0 aliphatic rings. The number of aliphatic carboxylic acids is 2. The fourth-order valence-electron chi connectivity index (χ4n) is 1.68. The van der Waals surface area contributed by atoms with Gasteiger partial charge in [-0.15, -0.1) is 0 Å². The van der Waals surface area contributed by atoms with Crippen LogP contribution in [0.5, 0.6) is 0 Å². The number of thiol groups is 2. The van der Waals surface area contributed by atoms with Crippen LogP contribution in [0.2, 0.25) is 0 Å². The predicted octanol–water partition coefficient (Wildman–Crippen LogP) is -1.40. The second kappa shape index (κ2) is 11.2. The molecule has 11 heteroatoms. The van der Waals surface area contributed by atoms with Crippen LogP contribution >= 0.6 is 25.3 Å². The van der Waals surface area contributed by atoms with Gasteiger partial charge >= 0.3 is 11.9 Å². The molecule has 5 N–H and O–H groups in total. The fraction of sp³-hybridized carbons (Fsp3) is 0.692. The third kappa shape index (κ3) is 7.88. The van der Waals surface area contributed by atoms with Crippen LogP contribution in [0.25, 0.3) is 0 Å². The van der Waals surface area contributed by atoms with Gasteiger partial charge in [0.2, 0.25) is 11.8 Å². The molecule has 0 heterocycles. The molecule has 2 amide bonds. The lowest BCUT2D eigenvalue weighted by Gasteiger charge is -2.24. The zero-order valence-corrected chi connectivity index (χ0v) is 15.1. The van der Waals surface area contributed by atoms with Gasteiger partial charge in [0.1, 0.15) is 12.1 Å². The summed E-state index contributed by atoms with van der Waals surface area (Å²) in [5, 5.41) is 24.9. The molecule has 0 saturated carbocycles. The molecule has 0 aromatic heterocycles. The largest absolute Gasteiger partial charge is 0.480 e. The smallest absolute Gasteiger partial charge is 0.326 e. The normalized spacial score (nSPS) is 14.5. The lowest BCUT2D eigenvalue weighted by molar-refractivity contribution is -0.143. The summed E-state index contributed by atoms with van der Waals surface area (Å²) in [5.74, 6) is -4.01. The standard InChI is InChI=1S/C13H23N3O6S2/c1-6(2)10(13(21)22)16-12(20)8(5-24)15-11(19)7(4-23)14-3-9(17)18/h6-8,10,14,23-24H,3-5H2,1-2H3,(H,15,19)(H,16,20)(H,17,18)(H,21,22)/t7-,8-,10-/m0/s1. The summed E-state index contributed by atoms with van der Waals surface area (Å²) in [6.07, 6.45) is 0. The third-order valence-electron chi connectivity index (χ3n) is 3.04. The molecule has 0 spiro atoms. The lowest BCUT2D eigenvalue weighted by Crippen LogP contribution is -2.57. The Bertz CT molecular complexity index is 475. The molecule has 3 atom stereocenters. The van der Waals surface area contributed by atoms with E-state index >= 15 is 0 Å². The Morgan fingerprint density at radius 2 is 1.42 bits per heavy atom. The van der Waals surface area contributed by atoms with Gasteiger partial charge in [0.25, 0.3) is 0 Å². The van der Waals surface area contributed by atoms with Crippen molar-refractivity contribution >= 4 is 49.0 Å². The Morgan fingerprint density at radius 1 is 0.917 bits per heavy atom. The first-order valence-corrected chi connectivity index (χ1v) is 8.40. The molecular formula is C13H23N3O6S2. The van der Waals surface area contributed by atoms with E-state index in [4.69, 9.17) is 10.2 Å².